The van der Waals surface area contributed by atoms with Crippen molar-refractivity contribution in [1.82, 2.24) is 24.8 Å². The molecule has 1 N–H and O–H groups in total. The van der Waals surface area contributed by atoms with E-state index in [1.807, 2.05) is 24.5 Å². The lowest BCUT2D eigenvalue weighted by molar-refractivity contribution is -0.127. The predicted octanol–water partition coefficient (Wildman–Crippen LogP) is 4.63. The van der Waals surface area contributed by atoms with Crippen molar-refractivity contribution >= 4 is 50.2 Å². The number of rotatable bonds is 0. The SMILES string of the molecule is N#CC1CC2CCCC(=O)C3(CC3)N3CCN(CC3)Cc3cccc(c3)Nc3cc(ccn3)-c3cnc(nc3)N2C1.S.S. The van der Waals surface area contributed by atoms with Crippen LogP contribution in [-0.4, -0.2) is 74.8 Å². The first-order valence-electron chi connectivity index (χ1n) is 14.9. The number of carbonyl (C=O) groups is 1. The highest BCUT2D eigenvalue weighted by Crippen LogP contribution is 2.44. The van der Waals surface area contributed by atoms with Gasteiger partial charge in [-0.2, -0.15) is 32.3 Å². The van der Waals surface area contributed by atoms with E-state index in [0.717, 1.165) is 87.5 Å². The fourth-order valence-electron chi connectivity index (χ4n) is 6.93. The molecule has 2 unspecified atom stereocenters. The van der Waals surface area contributed by atoms with Crippen LogP contribution < -0.4 is 10.2 Å². The van der Waals surface area contributed by atoms with E-state index in [-0.39, 0.29) is 44.5 Å². The molecule has 1 aliphatic carbocycles. The van der Waals surface area contributed by atoms with Crippen molar-refractivity contribution < 1.29 is 4.79 Å². The Morgan fingerprint density at radius 2 is 1.77 bits per heavy atom. The van der Waals surface area contributed by atoms with Crippen LogP contribution in [0.5, 0.6) is 0 Å². The van der Waals surface area contributed by atoms with Gasteiger partial charge in [0.15, 0.2) is 5.78 Å². The first-order valence-corrected chi connectivity index (χ1v) is 14.9. The number of benzene rings is 1. The number of piperazine rings is 1. The van der Waals surface area contributed by atoms with Crippen molar-refractivity contribution in [2.24, 2.45) is 5.92 Å². The summed E-state index contributed by atoms with van der Waals surface area (Å²) in [6, 6.07) is 15.1. The third kappa shape index (κ3) is 6.53. The lowest BCUT2D eigenvalue weighted by Gasteiger charge is -2.39. The number of carbonyl (C=O) groups excluding carboxylic acids is 1. The monoisotopic (exact) mass is 616 g/mol. The molecule has 11 heteroatoms. The Bertz CT molecular complexity index is 1470. The van der Waals surface area contributed by atoms with Crippen molar-refractivity contribution in [1.29, 1.82) is 5.26 Å². The molecule has 8 heterocycles. The molecule has 10 rings (SSSR count). The second kappa shape index (κ2) is 13.2. The maximum Gasteiger partial charge on any atom is 0.225 e. The van der Waals surface area contributed by atoms with Gasteiger partial charge in [0.1, 0.15) is 5.82 Å². The number of hydrogen-bond donors (Lipinski definition) is 1. The van der Waals surface area contributed by atoms with Crippen LogP contribution in [0.1, 0.15) is 44.1 Å². The molecule has 1 spiro atoms. The molecule has 3 aromatic rings. The number of nitriles is 1. The van der Waals surface area contributed by atoms with Crippen LogP contribution in [-0.2, 0) is 11.3 Å². The normalized spacial score (nSPS) is 25.9. The zero-order valence-electron chi connectivity index (χ0n) is 24.4. The van der Waals surface area contributed by atoms with Crippen molar-refractivity contribution in [2.75, 3.05) is 42.9 Å². The number of Topliss-reactive ketones (excluding diaryl/α,β-unsaturated/α-hetero) is 1. The fraction of sp³-hybridized carbons (Fsp3) is 0.469. The summed E-state index contributed by atoms with van der Waals surface area (Å²) in [5.74, 6) is 1.78. The van der Waals surface area contributed by atoms with Gasteiger partial charge in [0.2, 0.25) is 5.95 Å². The zero-order valence-corrected chi connectivity index (χ0v) is 26.4. The van der Waals surface area contributed by atoms with Gasteiger partial charge >= 0.3 is 0 Å². The average molecular weight is 617 g/mol. The van der Waals surface area contributed by atoms with Gasteiger partial charge in [-0.05, 0) is 67.5 Å². The van der Waals surface area contributed by atoms with E-state index >= 15 is 0 Å². The van der Waals surface area contributed by atoms with Crippen molar-refractivity contribution in [3.63, 3.8) is 0 Å². The molecule has 8 bridgehead atoms. The molecule has 7 aliphatic rings. The third-order valence-corrected chi connectivity index (χ3v) is 9.35. The first kappa shape index (κ1) is 31.3. The van der Waals surface area contributed by atoms with Crippen LogP contribution in [0.3, 0.4) is 0 Å². The molecule has 3 fully saturated rings. The summed E-state index contributed by atoms with van der Waals surface area (Å²) >= 11 is 0. The zero-order chi connectivity index (χ0) is 27.8. The summed E-state index contributed by atoms with van der Waals surface area (Å²) in [7, 11) is 0. The van der Waals surface area contributed by atoms with Gasteiger partial charge in [-0.1, -0.05) is 12.1 Å². The van der Waals surface area contributed by atoms with E-state index in [0.29, 0.717) is 24.7 Å². The highest BCUT2D eigenvalue weighted by molar-refractivity contribution is 7.59. The van der Waals surface area contributed by atoms with Crippen LogP contribution >= 0.6 is 27.0 Å². The molecule has 0 amide bonds. The molecule has 9 nitrogen and oxygen atoms in total. The lowest BCUT2D eigenvalue weighted by Crippen LogP contribution is -2.53. The fourth-order valence-corrected chi connectivity index (χ4v) is 6.93. The van der Waals surface area contributed by atoms with Gasteiger partial charge in [0.05, 0.1) is 17.5 Å². The Morgan fingerprint density at radius 1 is 0.977 bits per heavy atom. The summed E-state index contributed by atoms with van der Waals surface area (Å²) in [5.41, 5.74) is 3.93. The first-order chi connectivity index (χ1) is 20.1. The summed E-state index contributed by atoms with van der Waals surface area (Å²) in [5, 5.41) is 13.1. The Kier molecular flexibility index (Phi) is 9.61. The van der Waals surface area contributed by atoms with Gasteiger partial charge in [0, 0.05) is 81.6 Å². The Balaban J connectivity index is 0.00000184. The number of anilines is 3. The maximum absolute atomic E-state index is 13.5. The van der Waals surface area contributed by atoms with Crippen molar-refractivity contribution in [2.45, 2.75) is 56.7 Å². The van der Waals surface area contributed by atoms with Gasteiger partial charge in [-0.3, -0.25) is 14.6 Å². The number of pyridine rings is 1. The molecule has 2 saturated heterocycles. The van der Waals surface area contributed by atoms with Gasteiger partial charge in [0.25, 0.3) is 0 Å². The standard InChI is InChI=1S/C32H36N8O.2H2S/c33-18-24-16-28-5-2-6-29(41)32(8-9-32)39-13-11-38(12-14-39)21-23-3-1-4-27(15-23)37-30-17-25(7-10-34-30)26-19-35-31(36-20-26)40(28)22-24;;/h1,3-4,7,10,15,17,19-20,24,28H,2,5-6,8-9,11-14,16,21-22H2,(H,34,37);2*1H2. The average Bonchev–Trinajstić information content (AvgIpc) is 3.71. The molecule has 226 valence electrons. The number of nitrogens with one attached hydrogen (secondary N) is 1. The quantitative estimate of drug-likeness (QED) is 0.388. The molecule has 2 atom stereocenters. The van der Waals surface area contributed by atoms with Crippen LogP contribution in [0, 0.1) is 17.2 Å². The summed E-state index contributed by atoms with van der Waals surface area (Å²) in [6.45, 7) is 5.34. The Morgan fingerprint density at radius 3 is 2.51 bits per heavy atom. The van der Waals surface area contributed by atoms with E-state index < -0.39 is 0 Å². The Hall–Kier alpha value is -3.17. The number of hydrogen-bond acceptors (Lipinski definition) is 9. The predicted molar refractivity (Wildman–Crippen MR) is 178 cm³/mol. The largest absolute Gasteiger partial charge is 0.340 e. The summed E-state index contributed by atoms with van der Waals surface area (Å²) < 4.78 is 0. The Labute approximate surface area is 267 Å². The van der Waals surface area contributed by atoms with E-state index in [9.17, 15) is 10.1 Å². The number of aromatic nitrogens is 3. The van der Waals surface area contributed by atoms with Crippen LogP contribution in [0.2, 0.25) is 0 Å². The second-order valence-corrected chi connectivity index (χ2v) is 12.0. The lowest BCUT2D eigenvalue weighted by atomic mass is 9.98. The summed E-state index contributed by atoms with van der Waals surface area (Å²) in [6.07, 6.45) is 10.6. The third-order valence-electron chi connectivity index (χ3n) is 9.35. The van der Waals surface area contributed by atoms with Gasteiger partial charge in [-0.15, -0.1) is 0 Å². The van der Waals surface area contributed by atoms with E-state index in [1.165, 1.54) is 5.56 Å². The molecular formula is C32H40N8OS2. The van der Waals surface area contributed by atoms with Crippen LogP contribution in [0.25, 0.3) is 11.1 Å². The van der Waals surface area contributed by atoms with E-state index in [1.54, 1.807) is 6.20 Å². The molecule has 43 heavy (non-hydrogen) atoms. The topological polar surface area (TPSA) is 101 Å². The number of ketones is 1. The van der Waals surface area contributed by atoms with Gasteiger partial charge in [-0.25, -0.2) is 15.0 Å². The minimum absolute atomic E-state index is 0. The second-order valence-electron chi connectivity index (χ2n) is 12.0. The molecule has 6 aliphatic heterocycles. The molecule has 2 aromatic heterocycles. The minimum Gasteiger partial charge on any atom is -0.340 e. The molecule has 0 radical (unpaired) electrons. The number of nitrogens with zero attached hydrogens (tertiary/aromatic N) is 7. The molecular weight excluding hydrogens is 577 g/mol. The van der Waals surface area contributed by atoms with E-state index in [2.05, 4.69) is 55.3 Å². The summed E-state index contributed by atoms with van der Waals surface area (Å²) in [4.78, 5) is 34.6. The van der Waals surface area contributed by atoms with E-state index in [4.69, 9.17) is 9.97 Å². The van der Waals surface area contributed by atoms with Gasteiger partial charge < -0.3 is 10.2 Å². The highest BCUT2D eigenvalue weighted by atomic mass is 32.1. The smallest absolute Gasteiger partial charge is 0.225 e. The van der Waals surface area contributed by atoms with Crippen LogP contribution in [0.4, 0.5) is 17.5 Å². The van der Waals surface area contributed by atoms with Crippen molar-refractivity contribution in [3.05, 3.63) is 60.6 Å². The minimum atomic E-state index is -0.241. The van der Waals surface area contributed by atoms with Crippen LogP contribution in [0.15, 0.2) is 55.0 Å². The highest BCUT2D eigenvalue weighted by Gasteiger charge is 2.53. The molecule has 1 aromatic carbocycles. The molecule has 1 saturated carbocycles. The van der Waals surface area contributed by atoms with Crippen molar-refractivity contribution in [3.8, 4) is 17.2 Å². The maximum atomic E-state index is 13.5.